The lowest BCUT2D eigenvalue weighted by Gasteiger charge is -2.27. The molecule has 578 valence electrons. The second-order valence-electron chi connectivity index (χ2n) is 24.0. The highest BCUT2D eigenvalue weighted by molar-refractivity contribution is 7.48. The van der Waals surface area contributed by atoms with Gasteiger partial charge in [-0.05, 0) is 6.07 Å². The summed E-state index contributed by atoms with van der Waals surface area (Å²) in [4.78, 5) is 132. The van der Waals surface area contributed by atoms with E-state index >= 15 is 0 Å². The minimum absolute atomic E-state index is 0.0390. The first-order valence-corrected chi connectivity index (χ1v) is 36.9. The summed E-state index contributed by atoms with van der Waals surface area (Å²) in [5.74, 6) is -1.37. The first-order chi connectivity index (χ1) is 50.7. The smallest absolute Gasteiger partial charge is 0.394 e. The number of aliphatic hydroxyl groups is 7. The summed E-state index contributed by atoms with van der Waals surface area (Å²) >= 11 is 0. The van der Waals surface area contributed by atoms with Gasteiger partial charge in [0.1, 0.15) is 121 Å². The van der Waals surface area contributed by atoms with Crippen molar-refractivity contribution in [2.24, 2.45) is 0 Å². The number of anilines is 5. The zero-order valence-electron chi connectivity index (χ0n) is 53.6. The monoisotopic (exact) mass is 1590 g/mol. The van der Waals surface area contributed by atoms with Crippen LogP contribution in [-0.4, -0.2) is 268 Å². The number of H-pyrrole nitrogens is 2. The Morgan fingerprint density at radius 2 is 0.738 bits per heavy atom. The molecule has 9 aromatic rings. The van der Waals surface area contributed by atoms with E-state index in [1.54, 1.807) is 0 Å². The number of nitrogens with one attached hydrogen (secondary N) is 2. The van der Waals surface area contributed by atoms with Crippen LogP contribution in [0.5, 0.6) is 0 Å². The Balaban J connectivity index is 0.690. The average molecular weight is 1590 g/mol. The molecule has 9 aromatic heterocycles. The highest BCUT2D eigenvalue weighted by atomic mass is 31.2. The van der Waals surface area contributed by atoms with Crippen LogP contribution in [0.4, 0.5) is 29.4 Å². The quantitative estimate of drug-likeness (QED) is 0.0224. The molecule has 0 bridgehead atoms. The van der Waals surface area contributed by atoms with E-state index in [-0.39, 0.29) is 68.1 Å². The van der Waals surface area contributed by atoms with Gasteiger partial charge in [-0.25, -0.2) is 62.9 Å². The Bertz CT molecular complexity index is 5240. The Hall–Kier alpha value is -8.36. The topological polar surface area (TPSA) is 790 Å². The molecule has 107 heavy (non-hydrogen) atoms. The van der Waals surface area contributed by atoms with Gasteiger partial charge >= 0.3 is 37.0 Å². The van der Waals surface area contributed by atoms with E-state index in [0.29, 0.717) is 4.57 Å². The molecule has 23 N–H and O–H groups in total. The van der Waals surface area contributed by atoms with Gasteiger partial charge in [0.2, 0.25) is 11.9 Å². The van der Waals surface area contributed by atoms with Gasteiger partial charge in [-0.1, -0.05) is 0 Å². The van der Waals surface area contributed by atoms with Crippen LogP contribution in [0.25, 0.3) is 44.7 Å². The molecule has 14 rings (SSSR count). The van der Waals surface area contributed by atoms with Crippen molar-refractivity contribution in [3.63, 3.8) is 0 Å². The lowest BCUT2D eigenvalue weighted by Crippen LogP contribution is -2.39. The average Bonchev–Trinajstić information content (AvgIpc) is 1.63. The Kier molecular flexibility index (Phi) is 20.4. The summed E-state index contributed by atoms with van der Waals surface area (Å²) in [6.45, 7) is -5.92. The fraction of sp³-hybridized carbons (Fsp3) is 0.510. The Morgan fingerprint density at radius 3 is 1.12 bits per heavy atom. The Labute approximate surface area is 590 Å². The molecular formula is C49H61N23O31P4. The molecule has 5 aliphatic rings. The van der Waals surface area contributed by atoms with E-state index < -0.39 is 210 Å². The number of nitrogens with two attached hydrogens (primary N) is 5. The molecule has 5 aliphatic heterocycles. The summed E-state index contributed by atoms with van der Waals surface area (Å²) in [6, 6.07) is 1.08. The molecule has 5 fully saturated rings. The number of phosphoric acid groups is 4. The van der Waals surface area contributed by atoms with Crippen molar-refractivity contribution in [2.45, 2.75) is 123 Å². The molecule has 54 nitrogen and oxygen atoms in total. The highest BCUT2D eigenvalue weighted by Crippen LogP contribution is 2.56. The van der Waals surface area contributed by atoms with E-state index in [2.05, 4.69) is 64.8 Å². The fourth-order valence-corrected chi connectivity index (χ4v) is 16.2. The second-order valence-corrected chi connectivity index (χ2v) is 29.7. The van der Waals surface area contributed by atoms with Gasteiger partial charge in [0.25, 0.3) is 11.1 Å². The molecule has 0 amide bonds. The van der Waals surface area contributed by atoms with E-state index in [0.717, 1.165) is 63.9 Å². The number of fused-ring (bicyclic) bond motifs is 4. The first kappa shape index (κ1) is 75.5. The third-order valence-corrected chi connectivity index (χ3v) is 21.2. The third-order valence-electron chi connectivity index (χ3n) is 17.3. The maximum Gasteiger partial charge on any atom is 0.472 e. The van der Waals surface area contributed by atoms with E-state index in [4.69, 9.17) is 88.5 Å². The summed E-state index contributed by atoms with van der Waals surface area (Å²) < 4.78 is 133. The maximum atomic E-state index is 14.4. The van der Waals surface area contributed by atoms with Crippen LogP contribution in [0, 0.1) is 0 Å². The fourth-order valence-electron chi connectivity index (χ4n) is 12.4. The van der Waals surface area contributed by atoms with Gasteiger partial charge in [-0.2, -0.15) is 15.0 Å². The predicted octanol–water partition coefficient (Wildman–Crippen LogP) is -7.25. The van der Waals surface area contributed by atoms with E-state index in [9.17, 15) is 88.0 Å². The van der Waals surface area contributed by atoms with Gasteiger partial charge < -0.3 is 108 Å². The molecule has 14 heterocycles. The number of rotatable bonds is 26. The molecule has 0 aliphatic carbocycles. The van der Waals surface area contributed by atoms with Crippen LogP contribution in [0.3, 0.4) is 0 Å². The van der Waals surface area contributed by atoms with Crippen LogP contribution in [0.1, 0.15) is 31.1 Å². The molecule has 0 aromatic carbocycles. The summed E-state index contributed by atoms with van der Waals surface area (Å²) in [6.07, 6.45) is -31.8. The molecule has 0 saturated carbocycles. The predicted molar refractivity (Wildman–Crippen MR) is 343 cm³/mol. The number of aliphatic hydroxyl groups excluding tert-OH is 7. The number of hydrogen-bond acceptors (Lipinski definition) is 43. The summed E-state index contributed by atoms with van der Waals surface area (Å²) in [5, 5.41) is 79.3. The zero-order valence-corrected chi connectivity index (χ0v) is 57.2. The van der Waals surface area contributed by atoms with Gasteiger partial charge in [0.05, 0.1) is 58.3 Å². The number of ether oxygens (including phenoxy) is 5. The molecule has 24 atom stereocenters. The largest absolute Gasteiger partial charge is 0.472 e. The number of imidazole rings is 4. The molecule has 0 spiro atoms. The van der Waals surface area contributed by atoms with Crippen molar-refractivity contribution in [1.82, 2.24) is 87.6 Å². The van der Waals surface area contributed by atoms with Crippen molar-refractivity contribution >= 4 is 105 Å². The normalized spacial score (nSPS) is 32.0. The maximum absolute atomic E-state index is 14.4. The van der Waals surface area contributed by atoms with Crippen LogP contribution in [0.15, 0.2) is 64.6 Å². The van der Waals surface area contributed by atoms with Crippen molar-refractivity contribution < 1.29 is 133 Å². The van der Waals surface area contributed by atoms with Gasteiger partial charge in [-0.15, -0.1) is 0 Å². The molecule has 5 saturated heterocycles. The molecule has 4 unspecified atom stereocenters. The lowest BCUT2D eigenvalue weighted by molar-refractivity contribution is -0.0651. The third kappa shape index (κ3) is 14.7. The number of hydrogen-bond donors (Lipinski definition) is 18. The molecular weight excluding hydrogens is 1530 g/mol. The highest BCUT2D eigenvalue weighted by Gasteiger charge is 2.57. The SMILES string of the molecule is Nc1ccn([C@@H]2O[C@H](COP(=O)(O)O[C@H]3[C@@H](O)[C@H](n4cnc5c(N)ncnc54)O[C@@H]3COP(=O)(O)O[C@H]3[C@@H](O)[C@H](n4cnc5c(=O)[nH]c(N)nc54)O[C@@H]3COP(=O)(O)O[C@H]3[C@@H](O)[C@H](n4cnc5c(N)ncnc54)O[C@@H]3CO)[C@@H](OP(=O)(O)OC[C@H]3O[C@@H](n4cnc5c(=O)[nH]c(N)nc54)[C@H](O)[C@@H]3O)[C@H]2O)c(=O)n1. The zero-order chi connectivity index (χ0) is 76.2. The van der Waals surface area contributed by atoms with Gasteiger partial charge in [-0.3, -0.25) is 78.6 Å². The number of nitrogens with zero attached hydrogens (tertiary/aromatic N) is 16. The van der Waals surface area contributed by atoms with Crippen LogP contribution in [-0.2, 0) is 78.1 Å². The number of aromatic nitrogens is 18. The minimum atomic E-state index is -5.86. The minimum Gasteiger partial charge on any atom is -0.394 e. The van der Waals surface area contributed by atoms with Crippen LogP contribution in [0.2, 0.25) is 0 Å². The standard InChI is InChI=1S/C49H61N23O31P4/c50-19-1-2-68(49(82)63-19)43-27(77)31(101-104(83,84)91-4-15-24(74)25(75)42(96-15)71-12-61-22-38(71)64-47(53)66-40(22)80)16(97-43)5-93-106(87,88)102-32-17(98-45(28(32)78)70-11-60-21-35(52)56-9-58-37(21)70)6-94-107(89,90)103-33-18(99-46(29(33)79)72-13-62-23-39(72)65-48(54)67-41(23)81)7-92-105(85,86)100-30-14(3-73)95-44(26(30)76)69-10-59-20-34(51)55-8-57-36(20)69/h1-2,8-18,24-33,42-46,73-79H,3-7H2,(H,83,84)(H,85,86)(H,87,88)(H,89,90)(H2,50,63,82)(H2,51,55,57)(H2,52,56,58)(H3,53,64,66,80)(H3,54,65,67,81)/t14-,15-,16-,17-,18-,24-,25-,26-,27-,28-,29-,30-,31-,32-,33-,42-,43-,44-,45-,46-/m1/s1. The molecule has 0 radical (unpaired) electrons. The van der Waals surface area contributed by atoms with Crippen LogP contribution < -0.4 is 45.5 Å². The van der Waals surface area contributed by atoms with Gasteiger partial charge in [0, 0.05) is 6.20 Å². The van der Waals surface area contributed by atoms with E-state index in [1.807, 2.05) is 0 Å². The van der Waals surface area contributed by atoms with Crippen molar-refractivity contribution in [3.05, 3.63) is 81.4 Å². The Morgan fingerprint density at radius 1 is 0.411 bits per heavy atom. The summed E-state index contributed by atoms with van der Waals surface area (Å²) in [5.41, 5.74) is 25.0. The summed E-state index contributed by atoms with van der Waals surface area (Å²) in [7, 11) is -22.9. The number of phosphoric ester groups is 4. The van der Waals surface area contributed by atoms with Crippen LogP contribution >= 0.6 is 31.3 Å². The van der Waals surface area contributed by atoms with E-state index in [1.165, 1.54) is 4.57 Å². The van der Waals surface area contributed by atoms with Crippen molar-refractivity contribution in [2.75, 3.05) is 61.7 Å². The first-order valence-electron chi connectivity index (χ1n) is 30.9. The number of aromatic amines is 2. The number of nitrogen functional groups attached to an aromatic ring is 5. The lowest BCUT2D eigenvalue weighted by atomic mass is 10.1. The molecule has 58 heteroatoms. The van der Waals surface area contributed by atoms with Crippen molar-refractivity contribution in [3.8, 4) is 0 Å². The van der Waals surface area contributed by atoms with Gasteiger partial charge in [0.15, 0.2) is 76.4 Å². The van der Waals surface area contributed by atoms with Crippen molar-refractivity contribution in [1.29, 1.82) is 0 Å². The second kappa shape index (κ2) is 28.9.